The molecule has 0 saturated heterocycles. The van der Waals surface area contributed by atoms with Crippen molar-refractivity contribution in [2.75, 3.05) is 34.4 Å². The molecule has 0 radical (unpaired) electrons. The number of methoxy groups -OCH3 is 1. The van der Waals surface area contributed by atoms with Gasteiger partial charge in [-0.05, 0) is 33.5 Å². The number of nitrogens with zero attached hydrogens (tertiary/aromatic N) is 1. The molecule has 144 valence electrons. The van der Waals surface area contributed by atoms with Crippen LogP contribution in [0.1, 0.15) is 19.4 Å². The molecule has 0 heterocycles. The van der Waals surface area contributed by atoms with Crippen LogP contribution in [-0.2, 0) is 19.1 Å². The molecule has 1 aromatic carbocycles. The molecule has 1 aromatic rings. The van der Waals surface area contributed by atoms with Gasteiger partial charge in [-0.3, -0.25) is 0 Å². The molecule has 0 spiro atoms. The molecule has 1 rings (SSSR count). The number of esters is 2. The van der Waals surface area contributed by atoms with Crippen molar-refractivity contribution in [1.82, 2.24) is 4.90 Å². The number of hydrogen-bond donors (Lipinski definition) is 0. The predicted octanol–water partition coefficient (Wildman–Crippen LogP) is 3.73. The molecule has 0 unspecified atom stereocenters. The lowest BCUT2D eigenvalue weighted by Crippen LogP contribution is -2.20. The van der Waals surface area contributed by atoms with Crippen LogP contribution in [0, 0.1) is 0 Å². The zero-order valence-corrected chi connectivity index (χ0v) is 16.6. The highest BCUT2D eigenvalue weighted by atomic mass is 16.5. The van der Waals surface area contributed by atoms with Gasteiger partial charge >= 0.3 is 11.9 Å². The summed E-state index contributed by atoms with van der Waals surface area (Å²) in [5.74, 6) is -0.660. The maximum Gasteiger partial charge on any atom is 0.333 e. The maximum absolute atomic E-state index is 10.8. The summed E-state index contributed by atoms with van der Waals surface area (Å²) in [6.07, 6.45) is 1.83. The van der Waals surface area contributed by atoms with E-state index in [-0.39, 0.29) is 11.9 Å². The molecule has 0 aliphatic carbocycles. The van der Waals surface area contributed by atoms with Crippen molar-refractivity contribution in [3.05, 3.63) is 66.8 Å². The van der Waals surface area contributed by atoms with Gasteiger partial charge in [0.1, 0.15) is 6.61 Å². The number of carbonyl (C=O) groups excluding carboxylic acids is 2. The summed E-state index contributed by atoms with van der Waals surface area (Å²) < 4.78 is 9.11. The molecule has 0 amide bonds. The standard InChI is InChI=1S/C8H15NO2.C8H8.C5H8O2/c1-7(2)8(10)11-6-5-9(3)4;1-2-8-6-4-3-5-7-8;1-4(2)5(6)7-3/h1,5-6H2,2-4H3;2-7H,1H2;1H2,2-3H3. The van der Waals surface area contributed by atoms with Crippen LogP contribution in [0.2, 0.25) is 0 Å². The molecule has 5 heteroatoms. The summed E-state index contributed by atoms with van der Waals surface area (Å²) in [7, 11) is 5.18. The molecule has 0 atom stereocenters. The highest BCUT2D eigenvalue weighted by Crippen LogP contribution is 1.97. The Morgan fingerprint density at radius 2 is 1.54 bits per heavy atom. The number of hydrogen-bond acceptors (Lipinski definition) is 5. The second-order valence-corrected chi connectivity index (χ2v) is 5.61. The van der Waals surface area contributed by atoms with Crippen LogP contribution in [0.15, 0.2) is 61.2 Å². The first-order valence-electron chi connectivity index (χ1n) is 8.04. The fourth-order valence-electron chi connectivity index (χ4n) is 1.21. The number of benzene rings is 1. The van der Waals surface area contributed by atoms with Crippen LogP contribution in [0.3, 0.4) is 0 Å². The first-order chi connectivity index (χ1) is 12.1. The SMILES string of the molecule is C=C(C)C(=O)OC.C=C(C)C(=O)OCCN(C)C.C=Cc1ccccc1. The van der Waals surface area contributed by atoms with Gasteiger partial charge in [0, 0.05) is 17.7 Å². The third-order valence-corrected chi connectivity index (χ3v) is 2.69. The zero-order chi connectivity index (χ0) is 20.5. The summed E-state index contributed by atoms with van der Waals surface area (Å²) in [4.78, 5) is 22.9. The topological polar surface area (TPSA) is 55.8 Å². The highest BCUT2D eigenvalue weighted by molar-refractivity contribution is 5.87. The lowest BCUT2D eigenvalue weighted by atomic mass is 10.2. The van der Waals surface area contributed by atoms with Gasteiger partial charge in [-0.2, -0.15) is 0 Å². The van der Waals surface area contributed by atoms with Gasteiger partial charge in [-0.1, -0.05) is 56.1 Å². The fourth-order valence-corrected chi connectivity index (χ4v) is 1.21. The van der Waals surface area contributed by atoms with Crippen molar-refractivity contribution in [1.29, 1.82) is 0 Å². The predicted molar refractivity (Wildman–Crippen MR) is 108 cm³/mol. The number of carbonyl (C=O) groups is 2. The van der Waals surface area contributed by atoms with Crippen LogP contribution >= 0.6 is 0 Å². The Hall–Kier alpha value is -2.66. The van der Waals surface area contributed by atoms with E-state index in [9.17, 15) is 9.59 Å². The van der Waals surface area contributed by atoms with Crippen LogP contribution in [-0.4, -0.2) is 51.2 Å². The largest absolute Gasteiger partial charge is 0.466 e. The molecule has 0 aliphatic heterocycles. The monoisotopic (exact) mass is 361 g/mol. The minimum absolute atomic E-state index is 0.313. The molecule has 0 fully saturated rings. The summed E-state index contributed by atoms with van der Waals surface area (Å²) in [5, 5.41) is 0. The number of ether oxygens (including phenoxy) is 2. The zero-order valence-electron chi connectivity index (χ0n) is 16.6. The van der Waals surface area contributed by atoms with E-state index < -0.39 is 0 Å². The molecular weight excluding hydrogens is 330 g/mol. The van der Waals surface area contributed by atoms with Crippen molar-refractivity contribution in [2.45, 2.75) is 13.8 Å². The minimum atomic E-state index is -0.347. The van der Waals surface area contributed by atoms with E-state index in [1.807, 2.05) is 55.4 Å². The molecule has 0 aliphatic rings. The van der Waals surface area contributed by atoms with Gasteiger partial charge in [-0.25, -0.2) is 9.59 Å². The molecular formula is C21H31NO4. The Balaban J connectivity index is 0. The van der Waals surface area contributed by atoms with Gasteiger partial charge in [0.25, 0.3) is 0 Å². The Morgan fingerprint density at radius 3 is 1.81 bits per heavy atom. The average Bonchev–Trinajstić information content (AvgIpc) is 2.62. The lowest BCUT2D eigenvalue weighted by molar-refractivity contribution is -0.139. The van der Waals surface area contributed by atoms with E-state index in [2.05, 4.69) is 24.5 Å². The smallest absolute Gasteiger partial charge is 0.333 e. The van der Waals surface area contributed by atoms with E-state index in [0.29, 0.717) is 17.8 Å². The summed E-state index contributed by atoms with van der Waals surface area (Å²) in [6, 6.07) is 10.0. The van der Waals surface area contributed by atoms with Gasteiger partial charge in [0.2, 0.25) is 0 Å². The van der Waals surface area contributed by atoms with E-state index in [0.717, 1.165) is 6.54 Å². The Bertz CT molecular complexity index is 577. The third-order valence-electron chi connectivity index (χ3n) is 2.69. The van der Waals surface area contributed by atoms with Crippen molar-refractivity contribution in [3.8, 4) is 0 Å². The van der Waals surface area contributed by atoms with Crippen LogP contribution < -0.4 is 0 Å². The summed E-state index contributed by atoms with van der Waals surface area (Å²) >= 11 is 0. The van der Waals surface area contributed by atoms with E-state index in [1.165, 1.54) is 12.7 Å². The minimum Gasteiger partial charge on any atom is -0.466 e. The third kappa shape index (κ3) is 16.2. The van der Waals surface area contributed by atoms with Crippen molar-refractivity contribution in [2.24, 2.45) is 0 Å². The molecule has 0 aromatic heterocycles. The Labute approximate surface area is 157 Å². The molecule has 0 saturated carbocycles. The first kappa shape index (κ1) is 25.6. The van der Waals surface area contributed by atoms with Gasteiger partial charge < -0.3 is 14.4 Å². The van der Waals surface area contributed by atoms with Crippen LogP contribution in [0.5, 0.6) is 0 Å². The van der Waals surface area contributed by atoms with Gasteiger partial charge in [-0.15, -0.1) is 0 Å². The summed E-state index contributed by atoms with van der Waals surface area (Å²) in [6.45, 7) is 14.9. The second-order valence-electron chi connectivity index (χ2n) is 5.61. The molecule has 26 heavy (non-hydrogen) atoms. The number of rotatable bonds is 6. The molecule has 0 bridgehead atoms. The lowest BCUT2D eigenvalue weighted by Gasteiger charge is -2.09. The Morgan fingerprint density at radius 1 is 1.04 bits per heavy atom. The highest BCUT2D eigenvalue weighted by Gasteiger charge is 2.01. The maximum atomic E-state index is 10.8. The van der Waals surface area contributed by atoms with Gasteiger partial charge in [0.15, 0.2) is 0 Å². The van der Waals surface area contributed by atoms with Crippen LogP contribution in [0.25, 0.3) is 6.08 Å². The van der Waals surface area contributed by atoms with Crippen molar-refractivity contribution in [3.63, 3.8) is 0 Å². The van der Waals surface area contributed by atoms with Crippen molar-refractivity contribution >= 4 is 18.0 Å². The van der Waals surface area contributed by atoms with E-state index >= 15 is 0 Å². The van der Waals surface area contributed by atoms with Crippen molar-refractivity contribution < 1.29 is 19.1 Å². The van der Waals surface area contributed by atoms with Gasteiger partial charge in [0.05, 0.1) is 7.11 Å². The normalized spacial score (nSPS) is 8.85. The molecule has 5 nitrogen and oxygen atoms in total. The molecule has 0 N–H and O–H groups in total. The first-order valence-corrected chi connectivity index (χ1v) is 8.04. The number of likely N-dealkylation sites (N-methyl/N-ethyl adjacent to an activating group) is 1. The summed E-state index contributed by atoms with van der Waals surface area (Å²) in [5.41, 5.74) is 2.05. The van der Waals surface area contributed by atoms with E-state index in [1.54, 1.807) is 13.8 Å². The van der Waals surface area contributed by atoms with Crippen LogP contribution in [0.4, 0.5) is 0 Å². The quantitative estimate of drug-likeness (QED) is 0.571. The average molecular weight is 361 g/mol. The second kappa shape index (κ2) is 15.8. The fraction of sp³-hybridized carbons (Fsp3) is 0.333. The Kier molecular flexibility index (Phi) is 15.6. The van der Waals surface area contributed by atoms with E-state index in [4.69, 9.17) is 4.74 Å².